The first kappa shape index (κ1) is 11.4. The number of hydrogen-bond acceptors (Lipinski definition) is 2. The molecule has 1 aromatic rings. The van der Waals surface area contributed by atoms with Crippen molar-refractivity contribution in [3.05, 3.63) is 34.4 Å². The van der Waals surface area contributed by atoms with Gasteiger partial charge in [0.05, 0.1) is 10.8 Å². The SMILES string of the molecule is NS(=O)(=O)Cc1cc(F)c(Cl)cc1F. The molecular formula is C7H6ClF2NO2S. The Morgan fingerprint density at radius 2 is 1.86 bits per heavy atom. The van der Waals surface area contributed by atoms with E-state index in [0.29, 0.717) is 12.1 Å². The lowest BCUT2D eigenvalue weighted by Gasteiger charge is -2.02. The van der Waals surface area contributed by atoms with Gasteiger partial charge in [-0.2, -0.15) is 0 Å². The number of primary sulfonamides is 1. The predicted molar refractivity (Wildman–Crippen MR) is 48.2 cm³/mol. The molecule has 3 nitrogen and oxygen atoms in total. The molecule has 0 aliphatic rings. The summed E-state index contributed by atoms with van der Waals surface area (Å²) < 4.78 is 47.0. The number of halogens is 3. The second kappa shape index (κ2) is 3.80. The van der Waals surface area contributed by atoms with Gasteiger partial charge in [-0.15, -0.1) is 0 Å². The van der Waals surface area contributed by atoms with E-state index in [1.54, 1.807) is 0 Å². The zero-order chi connectivity index (χ0) is 10.9. The molecule has 0 saturated carbocycles. The second-order valence-corrected chi connectivity index (χ2v) is 4.69. The van der Waals surface area contributed by atoms with Crippen molar-refractivity contribution >= 4 is 21.6 Å². The van der Waals surface area contributed by atoms with Crippen molar-refractivity contribution in [3.63, 3.8) is 0 Å². The van der Waals surface area contributed by atoms with E-state index in [-0.39, 0.29) is 5.56 Å². The molecule has 0 heterocycles. The average molecular weight is 242 g/mol. The van der Waals surface area contributed by atoms with Crippen molar-refractivity contribution in [3.8, 4) is 0 Å². The summed E-state index contributed by atoms with van der Waals surface area (Å²) in [6, 6.07) is 1.42. The first-order chi connectivity index (χ1) is 6.29. The van der Waals surface area contributed by atoms with Crippen molar-refractivity contribution in [1.82, 2.24) is 0 Å². The Morgan fingerprint density at radius 1 is 1.29 bits per heavy atom. The van der Waals surface area contributed by atoms with Gasteiger partial charge >= 0.3 is 0 Å². The molecule has 0 atom stereocenters. The van der Waals surface area contributed by atoms with Gasteiger partial charge in [-0.25, -0.2) is 22.3 Å². The fourth-order valence-corrected chi connectivity index (χ4v) is 1.70. The molecule has 1 rings (SSSR count). The summed E-state index contributed by atoms with van der Waals surface area (Å²) in [6.45, 7) is 0. The Hall–Kier alpha value is -0.720. The lowest BCUT2D eigenvalue weighted by atomic mass is 10.2. The van der Waals surface area contributed by atoms with Crippen LogP contribution in [0.2, 0.25) is 5.02 Å². The number of rotatable bonds is 2. The molecule has 7 heteroatoms. The molecule has 0 aliphatic carbocycles. The van der Waals surface area contributed by atoms with Gasteiger partial charge in [0.1, 0.15) is 11.6 Å². The summed E-state index contributed by atoms with van der Waals surface area (Å²) in [5.41, 5.74) is -0.339. The molecule has 0 aliphatic heterocycles. The highest BCUT2D eigenvalue weighted by Crippen LogP contribution is 2.20. The van der Waals surface area contributed by atoms with Crippen LogP contribution in [0.25, 0.3) is 0 Å². The van der Waals surface area contributed by atoms with E-state index < -0.39 is 32.4 Å². The summed E-state index contributed by atoms with van der Waals surface area (Å²) in [4.78, 5) is 0. The van der Waals surface area contributed by atoms with E-state index in [9.17, 15) is 17.2 Å². The third-order valence-electron chi connectivity index (χ3n) is 1.45. The van der Waals surface area contributed by atoms with E-state index in [1.165, 1.54) is 0 Å². The average Bonchev–Trinajstić information content (AvgIpc) is 1.97. The van der Waals surface area contributed by atoms with Gasteiger partial charge in [0.2, 0.25) is 10.0 Å². The third kappa shape index (κ3) is 2.90. The summed E-state index contributed by atoms with van der Waals surface area (Å²) >= 11 is 5.26. The van der Waals surface area contributed by atoms with E-state index in [4.69, 9.17) is 11.6 Å². The van der Waals surface area contributed by atoms with Crippen molar-refractivity contribution in [2.75, 3.05) is 0 Å². The molecule has 78 valence electrons. The molecule has 0 bridgehead atoms. The smallest absolute Gasteiger partial charge is 0.213 e. The van der Waals surface area contributed by atoms with Crippen LogP contribution in [0.15, 0.2) is 12.1 Å². The van der Waals surface area contributed by atoms with Crippen LogP contribution in [0.5, 0.6) is 0 Å². The molecule has 0 spiro atoms. The van der Waals surface area contributed by atoms with E-state index in [0.717, 1.165) is 0 Å². The number of sulfonamides is 1. The van der Waals surface area contributed by atoms with Crippen LogP contribution < -0.4 is 5.14 Å². The maximum absolute atomic E-state index is 13.0. The van der Waals surface area contributed by atoms with E-state index >= 15 is 0 Å². The van der Waals surface area contributed by atoms with Gasteiger partial charge in [0.15, 0.2) is 0 Å². The quantitative estimate of drug-likeness (QED) is 0.796. The highest BCUT2D eigenvalue weighted by Gasteiger charge is 2.13. The molecule has 0 fully saturated rings. The third-order valence-corrected chi connectivity index (χ3v) is 2.45. The van der Waals surface area contributed by atoms with Gasteiger partial charge in [-0.3, -0.25) is 0 Å². The van der Waals surface area contributed by atoms with Gasteiger partial charge in [-0.05, 0) is 12.1 Å². The standard InChI is InChI=1S/C7H6ClF2NO2S/c8-5-2-6(9)4(1-7(5)10)3-14(11,12)13/h1-2H,3H2,(H2,11,12,13). The molecule has 0 aromatic heterocycles. The molecule has 2 N–H and O–H groups in total. The lowest BCUT2D eigenvalue weighted by molar-refractivity contribution is 0.579. The van der Waals surface area contributed by atoms with Crippen LogP contribution in [-0.4, -0.2) is 8.42 Å². The summed E-state index contributed by atoms with van der Waals surface area (Å²) in [5.74, 6) is -2.54. The maximum Gasteiger partial charge on any atom is 0.213 e. The molecule has 0 unspecified atom stereocenters. The summed E-state index contributed by atoms with van der Waals surface area (Å²) in [7, 11) is -3.88. The molecule has 0 radical (unpaired) electrons. The topological polar surface area (TPSA) is 60.2 Å². The lowest BCUT2D eigenvalue weighted by Crippen LogP contribution is -2.15. The highest BCUT2D eigenvalue weighted by atomic mass is 35.5. The van der Waals surface area contributed by atoms with Crippen LogP contribution in [0.3, 0.4) is 0 Å². The van der Waals surface area contributed by atoms with Gasteiger partial charge in [-0.1, -0.05) is 11.6 Å². The molecule has 0 saturated heterocycles. The molecule has 14 heavy (non-hydrogen) atoms. The van der Waals surface area contributed by atoms with E-state index in [1.807, 2.05) is 0 Å². The fourth-order valence-electron chi connectivity index (χ4n) is 0.891. The van der Waals surface area contributed by atoms with Crippen LogP contribution in [0, 0.1) is 11.6 Å². The second-order valence-electron chi connectivity index (χ2n) is 2.66. The highest BCUT2D eigenvalue weighted by molar-refractivity contribution is 7.88. The molecule has 1 aromatic carbocycles. The predicted octanol–water partition coefficient (Wildman–Crippen LogP) is 1.41. The minimum atomic E-state index is -3.88. The number of nitrogens with two attached hydrogens (primary N) is 1. The van der Waals surface area contributed by atoms with Crippen molar-refractivity contribution in [1.29, 1.82) is 0 Å². The first-order valence-electron chi connectivity index (χ1n) is 3.43. The number of benzene rings is 1. The Bertz CT molecular complexity index is 461. The molecular weight excluding hydrogens is 236 g/mol. The minimum Gasteiger partial charge on any atom is -0.228 e. The van der Waals surface area contributed by atoms with Crippen molar-refractivity contribution in [2.45, 2.75) is 5.75 Å². The Balaban J connectivity index is 3.17. The van der Waals surface area contributed by atoms with Gasteiger partial charge in [0.25, 0.3) is 0 Å². The Labute approximate surface area is 84.5 Å². The largest absolute Gasteiger partial charge is 0.228 e. The zero-order valence-corrected chi connectivity index (χ0v) is 8.37. The summed E-state index contributed by atoms with van der Waals surface area (Å²) in [6.07, 6.45) is 0. The Kier molecular flexibility index (Phi) is 3.08. The van der Waals surface area contributed by atoms with Crippen molar-refractivity contribution < 1.29 is 17.2 Å². The zero-order valence-electron chi connectivity index (χ0n) is 6.80. The number of hydrogen-bond donors (Lipinski definition) is 1. The minimum absolute atomic E-state index is 0.339. The van der Waals surface area contributed by atoms with Gasteiger partial charge in [0, 0.05) is 5.56 Å². The monoisotopic (exact) mass is 241 g/mol. The summed E-state index contributed by atoms with van der Waals surface area (Å²) in [5, 5.41) is 4.27. The van der Waals surface area contributed by atoms with Crippen LogP contribution in [0.1, 0.15) is 5.56 Å². The van der Waals surface area contributed by atoms with Crippen LogP contribution in [0.4, 0.5) is 8.78 Å². The van der Waals surface area contributed by atoms with E-state index in [2.05, 4.69) is 5.14 Å². The van der Waals surface area contributed by atoms with Crippen molar-refractivity contribution in [2.24, 2.45) is 5.14 Å². The molecule has 0 amide bonds. The maximum atomic E-state index is 13.0. The fraction of sp³-hybridized carbons (Fsp3) is 0.143. The first-order valence-corrected chi connectivity index (χ1v) is 5.53. The van der Waals surface area contributed by atoms with Crippen LogP contribution >= 0.6 is 11.6 Å². The van der Waals surface area contributed by atoms with Crippen LogP contribution in [-0.2, 0) is 15.8 Å². The normalized spacial score (nSPS) is 11.7. The van der Waals surface area contributed by atoms with Gasteiger partial charge < -0.3 is 0 Å². The Morgan fingerprint density at radius 3 is 2.36 bits per heavy atom.